The summed E-state index contributed by atoms with van der Waals surface area (Å²) in [6.45, 7) is 4.31. The number of Topliss-reactive ketones (excluding diaryl/α,β-unsaturated/α-hetero) is 1. The van der Waals surface area contributed by atoms with Crippen LogP contribution in [0.2, 0.25) is 0 Å². The number of carbonyl (C=O) groups excluding carboxylic acids is 2. The van der Waals surface area contributed by atoms with E-state index in [-0.39, 0.29) is 5.91 Å². The van der Waals surface area contributed by atoms with E-state index in [1.165, 1.54) is 0 Å². The second kappa shape index (κ2) is 8.06. The molecule has 0 aromatic heterocycles. The van der Waals surface area contributed by atoms with Crippen molar-refractivity contribution in [3.8, 4) is 0 Å². The lowest BCUT2D eigenvalue weighted by atomic mass is 9.93. The first kappa shape index (κ1) is 19.5. The van der Waals surface area contributed by atoms with Crippen LogP contribution in [-0.2, 0) is 14.2 Å². The van der Waals surface area contributed by atoms with Gasteiger partial charge < -0.3 is 25.7 Å². The summed E-state index contributed by atoms with van der Waals surface area (Å²) in [5.41, 5.74) is 4.33. The van der Waals surface area contributed by atoms with Crippen LogP contribution in [0.25, 0.3) is 0 Å². The number of hydrogen-bond donors (Lipinski definition) is 4. The lowest BCUT2D eigenvalue weighted by molar-refractivity contribution is -0.131. The van der Waals surface area contributed by atoms with Gasteiger partial charge in [-0.25, -0.2) is 0 Å². The SMILES string of the molecule is CC(=O)C(C(N)C1CCN(CCC2CCNCC2)C1=O)P(=O)(O)O. The summed E-state index contributed by atoms with van der Waals surface area (Å²) >= 11 is 0. The first-order chi connectivity index (χ1) is 11.2. The predicted octanol–water partition coefficient (Wildman–Crippen LogP) is -0.313. The van der Waals surface area contributed by atoms with E-state index in [1.807, 2.05) is 0 Å². The Labute approximate surface area is 142 Å². The van der Waals surface area contributed by atoms with Crippen LogP contribution in [0.5, 0.6) is 0 Å². The van der Waals surface area contributed by atoms with Gasteiger partial charge in [0.1, 0.15) is 11.4 Å². The summed E-state index contributed by atoms with van der Waals surface area (Å²) in [6, 6.07) is -1.14. The van der Waals surface area contributed by atoms with Gasteiger partial charge in [0.2, 0.25) is 5.91 Å². The monoisotopic (exact) mass is 361 g/mol. The second-order valence-electron chi connectivity index (χ2n) is 6.92. The molecule has 8 nitrogen and oxygen atoms in total. The Hall–Kier alpha value is -0.790. The fourth-order valence-electron chi connectivity index (χ4n) is 3.80. The fourth-order valence-corrected chi connectivity index (χ4v) is 4.93. The summed E-state index contributed by atoms with van der Waals surface area (Å²) in [5, 5.41) is 3.31. The van der Waals surface area contributed by atoms with Crippen LogP contribution in [0, 0.1) is 11.8 Å². The Morgan fingerprint density at radius 3 is 2.54 bits per heavy atom. The molecule has 2 fully saturated rings. The van der Waals surface area contributed by atoms with Gasteiger partial charge in [0.15, 0.2) is 0 Å². The molecule has 2 heterocycles. The molecule has 0 radical (unpaired) electrons. The Bertz CT molecular complexity index is 517. The molecular formula is C15H28N3O5P. The highest BCUT2D eigenvalue weighted by molar-refractivity contribution is 7.53. The topological polar surface area (TPSA) is 133 Å². The van der Waals surface area contributed by atoms with E-state index in [4.69, 9.17) is 5.73 Å². The van der Waals surface area contributed by atoms with Crippen LogP contribution in [0.15, 0.2) is 0 Å². The van der Waals surface area contributed by atoms with Gasteiger partial charge in [0.25, 0.3) is 0 Å². The van der Waals surface area contributed by atoms with E-state index in [1.54, 1.807) is 4.90 Å². The molecule has 2 saturated heterocycles. The number of nitrogens with one attached hydrogen (secondary N) is 1. The number of amides is 1. The largest absolute Gasteiger partial charge is 0.342 e. The molecule has 5 N–H and O–H groups in total. The number of ketones is 1. The quantitative estimate of drug-likeness (QED) is 0.457. The third-order valence-electron chi connectivity index (χ3n) is 5.21. The van der Waals surface area contributed by atoms with E-state index >= 15 is 0 Å². The molecule has 0 aromatic carbocycles. The number of nitrogens with two attached hydrogens (primary N) is 1. The zero-order chi connectivity index (χ0) is 17.9. The van der Waals surface area contributed by atoms with Gasteiger partial charge in [-0.2, -0.15) is 0 Å². The zero-order valence-electron chi connectivity index (χ0n) is 14.1. The number of piperidine rings is 1. The van der Waals surface area contributed by atoms with Gasteiger partial charge >= 0.3 is 7.60 Å². The molecule has 2 aliphatic rings. The smallest absolute Gasteiger partial charge is 0.337 e. The molecule has 1 amide bonds. The molecule has 3 unspecified atom stereocenters. The average Bonchev–Trinajstić information content (AvgIpc) is 2.85. The van der Waals surface area contributed by atoms with Crippen molar-refractivity contribution in [1.82, 2.24) is 10.2 Å². The lowest BCUT2D eigenvalue weighted by Gasteiger charge is -2.27. The van der Waals surface area contributed by atoms with E-state index in [9.17, 15) is 23.9 Å². The fraction of sp³-hybridized carbons (Fsp3) is 0.867. The maximum atomic E-state index is 12.5. The minimum atomic E-state index is -4.68. The molecule has 2 aliphatic heterocycles. The molecular weight excluding hydrogens is 333 g/mol. The normalized spacial score (nSPS) is 25.8. The van der Waals surface area contributed by atoms with Gasteiger partial charge in [-0.1, -0.05) is 0 Å². The average molecular weight is 361 g/mol. The second-order valence-corrected chi connectivity index (χ2v) is 8.66. The van der Waals surface area contributed by atoms with Crippen molar-refractivity contribution < 1.29 is 23.9 Å². The van der Waals surface area contributed by atoms with E-state index in [0.717, 1.165) is 39.3 Å². The van der Waals surface area contributed by atoms with Crippen molar-refractivity contribution in [3.05, 3.63) is 0 Å². The summed E-state index contributed by atoms with van der Waals surface area (Å²) in [5.74, 6) is -0.945. The minimum absolute atomic E-state index is 0.184. The van der Waals surface area contributed by atoms with E-state index < -0.39 is 31.0 Å². The lowest BCUT2D eigenvalue weighted by Crippen LogP contribution is -2.47. The highest BCUT2D eigenvalue weighted by Gasteiger charge is 2.46. The van der Waals surface area contributed by atoms with Gasteiger partial charge in [-0.3, -0.25) is 14.2 Å². The molecule has 3 atom stereocenters. The molecule has 0 spiro atoms. The molecule has 0 aliphatic carbocycles. The Kier molecular flexibility index (Phi) is 6.56. The number of rotatable bonds is 7. The molecule has 0 bridgehead atoms. The predicted molar refractivity (Wildman–Crippen MR) is 89.4 cm³/mol. The third kappa shape index (κ3) is 4.64. The maximum Gasteiger partial charge on any atom is 0.337 e. The third-order valence-corrected chi connectivity index (χ3v) is 6.65. The first-order valence-corrected chi connectivity index (χ1v) is 10.2. The van der Waals surface area contributed by atoms with Crippen LogP contribution in [0.3, 0.4) is 0 Å². The molecule has 9 heteroatoms. The Balaban J connectivity index is 1.94. The molecule has 138 valence electrons. The van der Waals surface area contributed by atoms with Gasteiger partial charge in [0.05, 0.1) is 5.92 Å². The number of likely N-dealkylation sites (tertiary alicyclic amines) is 1. The molecule has 0 saturated carbocycles. The van der Waals surface area contributed by atoms with Crippen LogP contribution in [0.1, 0.15) is 32.6 Å². The zero-order valence-corrected chi connectivity index (χ0v) is 15.0. The molecule has 2 rings (SSSR count). The maximum absolute atomic E-state index is 12.5. The first-order valence-electron chi connectivity index (χ1n) is 8.52. The van der Waals surface area contributed by atoms with Crippen LogP contribution < -0.4 is 11.1 Å². The standard InChI is InChI=1S/C15H28N3O5P/c1-10(19)14(24(21,22)23)13(16)12-5-9-18(15(12)20)8-4-11-2-6-17-7-3-11/h11-14,17H,2-9,16H2,1H3,(H2,21,22,23). The Morgan fingerprint density at radius 2 is 2.00 bits per heavy atom. The van der Waals surface area contributed by atoms with Crippen molar-refractivity contribution >= 4 is 19.3 Å². The van der Waals surface area contributed by atoms with Crippen molar-refractivity contribution in [3.63, 3.8) is 0 Å². The summed E-state index contributed by atoms with van der Waals surface area (Å²) < 4.78 is 11.6. The minimum Gasteiger partial charge on any atom is -0.342 e. The Morgan fingerprint density at radius 1 is 1.38 bits per heavy atom. The van der Waals surface area contributed by atoms with Crippen LogP contribution in [0.4, 0.5) is 0 Å². The van der Waals surface area contributed by atoms with Crippen LogP contribution in [-0.4, -0.2) is 64.3 Å². The number of nitrogens with zero attached hydrogens (tertiary/aromatic N) is 1. The molecule has 0 aromatic rings. The van der Waals surface area contributed by atoms with Gasteiger partial charge in [0, 0.05) is 19.1 Å². The number of carbonyl (C=O) groups is 2. The van der Waals surface area contributed by atoms with Crippen LogP contribution >= 0.6 is 7.60 Å². The highest BCUT2D eigenvalue weighted by Crippen LogP contribution is 2.45. The van der Waals surface area contributed by atoms with Gasteiger partial charge in [-0.05, 0) is 51.6 Å². The summed E-state index contributed by atoms with van der Waals surface area (Å²) in [4.78, 5) is 44.6. The van der Waals surface area contributed by atoms with Crippen molar-refractivity contribution in [2.45, 2.75) is 44.3 Å². The number of hydrogen-bond acceptors (Lipinski definition) is 5. The van der Waals surface area contributed by atoms with E-state index in [0.29, 0.717) is 25.4 Å². The van der Waals surface area contributed by atoms with E-state index in [2.05, 4.69) is 5.32 Å². The summed E-state index contributed by atoms with van der Waals surface area (Å²) in [7, 11) is -4.68. The summed E-state index contributed by atoms with van der Waals surface area (Å²) in [6.07, 6.45) is 3.59. The van der Waals surface area contributed by atoms with Crippen molar-refractivity contribution in [2.24, 2.45) is 17.6 Å². The highest BCUT2D eigenvalue weighted by atomic mass is 31.2. The van der Waals surface area contributed by atoms with Gasteiger partial charge in [-0.15, -0.1) is 0 Å². The van der Waals surface area contributed by atoms with Crippen molar-refractivity contribution in [2.75, 3.05) is 26.2 Å². The van der Waals surface area contributed by atoms with Crippen molar-refractivity contribution in [1.29, 1.82) is 0 Å². The molecule has 24 heavy (non-hydrogen) atoms.